The summed E-state index contributed by atoms with van der Waals surface area (Å²) in [7, 11) is 0. The molecule has 0 N–H and O–H groups in total. The molecule has 0 unspecified atom stereocenters. The van der Waals surface area contributed by atoms with Gasteiger partial charge in [-0.1, -0.05) is 29.8 Å². The van der Waals surface area contributed by atoms with E-state index in [9.17, 15) is 9.59 Å². The molecule has 0 aromatic heterocycles. The lowest BCUT2D eigenvalue weighted by Crippen LogP contribution is -2.29. The molecule has 106 valence electrons. The topological polar surface area (TPSA) is 46.6 Å². The van der Waals surface area contributed by atoms with E-state index in [1.807, 2.05) is 13.8 Å². The minimum absolute atomic E-state index is 0.245. The summed E-state index contributed by atoms with van der Waals surface area (Å²) in [4.78, 5) is 29.1. The first-order valence-corrected chi connectivity index (χ1v) is 6.40. The van der Waals surface area contributed by atoms with Crippen LogP contribution < -0.4 is 0 Å². The second-order valence-electron chi connectivity index (χ2n) is 4.50. The second kappa shape index (κ2) is 7.94. The molecule has 0 aliphatic heterocycles. The monoisotopic (exact) mass is 273 g/mol. The number of benzene rings is 1. The van der Waals surface area contributed by atoms with E-state index < -0.39 is 5.97 Å². The standard InChI is InChI=1S/C16H19NO3/c1-4-5-11-15(18)17(12-13(2)3)20-16(19)14-9-7-6-8-10-14/h4,6-10,12H,1,5,11H2,2-3H3. The van der Waals surface area contributed by atoms with Gasteiger partial charge < -0.3 is 4.84 Å². The minimum Gasteiger partial charge on any atom is -0.328 e. The molecule has 4 nitrogen and oxygen atoms in total. The van der Waals surface area contributed by atoms with E-state index in [4.69, 9.17) is 4.84 Å². The van der Waals surface area contributed by atoms with Crippen LogP contribution in [-0.4, -0.2) is 16.9 Å². The van der Waals surface area contributed by atoms with E-state index in [0.29, 0.717) is 12.0 Å². The lowest BCUT2D eigenvalue weighted by atomic mass is 10.2. The van der Waals surface area contributed by atoms with E-state index in [1.165, 1.54) is 6.20 Å². The number of carbonyl (C=O) groups is 2. The summed E-state index contributed by atoms with van der Waals surface area (Å²) >= 11 is 0. The van der Waals surface area contributed by atoms with Gasteiger partial charge in [-0.2, -0.15) is 0 Å². The predicted molar refractivity (Wildman–Crippen MR) is 77.6 cm³/mol. The van der Waals surface area contributed by atoms with Crippen LogP contribution in [0.3, 0.4) is 0 Å². The van der Waals surface area contributed by atoms with Crippen LogP contribution in [0.25, 0.3) is 0 Å². The molecule has 0 aliphatic rings. The fraction of sp³-hybridized carbons (Fsp3) is 0.250. The highest BCUT2D eigenvalue weighted by molar-refractivity contribution is 5.90. The average molecular weight is 273 g/mol. The molecule has 1 aromatic carbocycles. The summed E-state index contributed by atoms with van der Waals surface area (Å²) in [6.07, 6.45) is 3.94. The third-order valence-corrected chi connectivity index (χ3v) is 2.37. The van der Waals surface area contributed by atoms with Crippen molar-refractivity contribution in [3.05, 3.63) is 60.3 Å². The average Bonchev–Trinajstić information content (AvgIpc) is 2.44. The van der Waals surface area contributed by atoms with Gasteiger partial charge in [0.15, 0.2) is 0 Å². The molecule has 20 heavy (non-hydrogen) atoms. The summed E-state index contributed by atoms with van der Waals surface area (Å²) in [5, 5.41) is 0.994. The van der Waals surface area contributed by atoms with Crippen molar-refractivity contribution in [2.24, 2.45) is 0 Å². The first kappa shape index (κ1) is 15.7. The normalized spacial score (nSPS) is 9.50. The zero-order valence-corrected chi connectivity index (χ0v) is 11.8. The fourth-order valence-electron chi connectivity index (χ4n) is 1.44. The third kappa shape index (κ3) is 5.10. The molecule has 0 saturated heterocycles. The smallest absolute Gasteiger partial charge is 0.328 e. The molecule has 0 heterocycles. The third-order valence-electron chi connectivity index (χ3n) is 2.37. The Hall–Kier alpha value is -2.36. The lowest BCUT2D eigenvalue weighted by molar-refractivity contribution is -0.156. The van der Waals surface area contributed by atoms with Crippen LogP contribution in [0.4, 0.5) is 0 Å². The summed E-state index contributed by atoms with van der Waals surface area (Å²) in [6, 6.07) is 8.55. The molecule has 1 rings (SSSR count). The first-order chi connectivity index (χ1) is 9.54. The highest BCUT2D eigenvalue weighted by Gasteiger charge is 2.17. The van der Waals surface area contributed by atoms with Gasteiger partial charge in [-0.3, -0.25) is 4.79 Å². The van der Waals surface area contributed by atoms with E-state index in [0.717, 1.165) is 10.6 Å². The molecule has 0 fully saturated rings. The Morgan fingerprint density at radius 3 is 2.45 bits per heavy atom. The first-order valence-electron chi connectivity index (χ1n) is 6.40. The zero-order chi connectivity index (χ0) is 15.0. The summed E-state index contributed by atoms with van der Waals surface area (Å²) < 4.78 is 0. The van der Waals surface area contributed by atoms with E-state index in [2.05, 4.69) is 6.58 Å². The maximum atomic E-state index is 12.0. The van der Waals surface area contributed by atoms with Crippen molar-refractivity contribution in [3.8, 4) is 0 Å². The molecule has 1 amide bonds. The van der Waals surface area contributed by atoms with Crippen LogP contribution in [-0.2, 0) is 9.63 Å². The molecule has 0 aliphatic carbocycles. The molecular formula is C16H19NO3. The van der Waals surface area contributed by atoms with Crippen molar-refractivity contribution in [1.82, 2.24) is 5.06 Å². The maximum absolute atomic E-state index is 12.0. The maximum Gasteiger partial charge on any atom is 0.363 e. The largest absolute Gasteiger partial charge is 0.363 e. The quantitative estimate of drug-likeness (QED) is 0.609. The van der Waals surface area contributed by atoms with E-state index in [1.54, 1.807) is 36.4 Å². The fourth-order valence-corrected chi connectivity index (χ4v) is 1.44. The molecule has 0 bridgehead atoms. The lowest BCUT2D eigenvalue weighted by Gasteiger charge is -2.17. The Morgan fingerprint density at radius 1 is 1.25 bits per heavy atom. The summed E-state index contributed by atoms with van der Waals surface area (Å²) in [5.41, 5.74) is 1.26. The molecule has 1 aromatic rings. The van der Waals surface area contributed by atoms with Crippen molar-refractivity contribution in [3.63, 3.8) is 0 Å². The number of allylic oxidation sites excluding steroid dienone is 2. The summed E-state index contributed by atoms with van der Waals surface area (Å²) in [5.74, 6) is -0.842. The van der Waals surface area contributed by atoms with Crippen molar-refractivity contribution < 1.29 is 14.4 Å². The van der Waals surface area contributed by atoms with Crippen molar-refractivity contribution in [2.45, 2.75) is 26.7 Å². The van der Waals surface area contributed by atoms with Gasteiger partial charge in [0.25, 0.3) is 5.91 Å². The SMILES string of the molecule is C=CCCC(=O)N(C=C(C)C)OC(=O)c1ccccc1. The number of hydrogen-bond acceptors (Lipinski definition) is 3. The van der Waals surface area contributed by atoms with Crippen LogP contribution >= 0.6 is 0 Å². The van der Waals surface area contributed by atoms with Crippen molar-refractivity contribution >= 4 is 11.9 Å². The highest BCUT2D eigenvalue weighted by atomic mass is 16.7. The molecule has 0 atom stereocenters. The van der Waals surface area contributed by atoms with Crippen molar-refractivity contribution in [2.75, 3.05) is 0 Å². The number of hydrogen-bond donors (Lipinski definition) is 0. The predicted octanol–water partition coefficient (Wildman–Crippen LogP) is 3.48. The number of hydroxylamine groups is 2. The highest BCUT2D eigenvalue weighted by Crippen LogP contribution is 2.08. The molecular weight excluding hydrogens is 254 g/mol. The van der Waals surface area contributed by atoms with Gasteiger partial charge in [-0.25, -0.2) is 4.79 Å². The van der Waals surface area contributed by atoms with Crippen LogP contribution in [0.2, 0.25) is 0 Å². The number of rotatable bonds is 5. The Balaban J connectivity index is 2.79. The van der Waals surface area contributed by atoms with Gasteiger partial charge >= 0.3 is 5.97 Å². The Bertz CT molecular complexity index is 502. The van der Waals surface area contributed by atoms with Crippen molar-refractivity contribution in [1.29, 1.82) is 0 Å². The number of carbonyl (C=O) groups excluding carboxylic acids is 2. The molecule has 0 radical (unpaired) electrons. The number of amides is 1. The zero-order valence-electron chi connectivity index (χ0n) is 11.8. The minimum atomic E-state index is -0.560. The number of nitrogens with zero attached hydrogens (tertiary/aromatic N) is 1. The second-order valence-corrected chi connectivity index (χ2v) is 4.50. The molecule has 4 heteroatoms. The van der Waals surface area contributed by atoms with Gasteiger partial charge in [0.2, 0.25) is 0 Å². The van der Waals surface area contributed by atoms with E-state index in [-0.39, 0.29) is 12.3 Å². The van der Waals surface area contributed by atoms with Gasteiger partial charge in [-0.15, -0.1) is 11.6 Å². The van der Waals surface area contributed by atoms with Gasteiger partial charge in [0, 0.05) is 12.6 Å². The molecule has 0 spiro atoms. The Kier molecular flexibility index (Phi) is 6.23. The van der Waals surface area contributed by atoms with Gasteiger partial charge in [0.1, 0.15) is 0 Å². The van der Waals surface area contributed by atoms with Gasteiger partial charge in [-0.05, 0) is 32.4 Å². The van der Waals surface area contributed by atoms with Crippen LogP contribution in [0.15, 0.2) is 54.8 Å². The Labute approximate surface area is 119 Å². The Morgan fingerprint density at radius 2 is 1.90 bits per heavy atom. The van der Waals surface area contributed by atoms with Gasteiger partial charge in [0.05, 0.1) is 5.56 Å². The van der Waals surface area contributed by atoms with Crippen LogP contribution in [0.1, 0.15) is 37.0 Å². The van der Waals surface area contributed by atoms with Crippen LogP contribution in [0, 0.1) is 0 Å². The van der Waals surface area contributed by atoms with Crippen LogP contribution in [0.5, 0.6) is 0 Å². The summed E-state index contributed by atoms with van der Waals surface area (Å²) in [6.45, 7) is 7.21. The molecule has 0 saturated carbocycles. The van der Waals surface area contributed by atoms with E-state index >= 15 is 0 Å².